The lowest BCUT2D eigenvalue weighted by Crippen LogP contribution is -2.38. The topological polar surface area (TPSA) is 58.6 Å². The van der Waals surface area contributed by atoms with Crippen LogP contribution < -0.4 is 5.32 Å². The molecule has 0 bridgehead atoms. The predicted molar refractivity (Wildman–Crippen MR) is 88.0 cm³/mol. The molecule has 0 aliphatic carbocycles. The second-order valence-corrected chi connectivity index (χ2v) is 6.63. The standard InChI is InChI=1S/C17H26N2O3/c1-12(2)13-9-7-8-10-14(13)18-15(20)11-19(6)16(21)22-17(3,4)5/h7-10,12H,11H2,1-6H3,(H,18,20). The van der Waals surface area contributed by atoms with Crippen molar-refractivity contribution >= 4 is 17.7 Å². The van der Waals surface area contributed by atoms with E-state index in [1.54, 1.807) is 27.8 Å². The number of benzene rings is 1. The molecule has 122 valence electrons. The maximum atomic E-state index is 12.1. The van der Waals surface area contributed by atoms with E-state index >= 15 is 0 Å². The molecule has 0 saturated heterocycles. The van der Waals surface area contributed by atoms with Gasteiger partial charge in [-0.2, -0.15) is 0 Å². The fourth-order valence-corrected chi connectivity index (χ4v) is 1.92. The van der Waals surface area contributed by atoms with Gasteiger partial charge in [0.05, 0.1) is 0 Å². The average molecular weight is 306 g/mol. The van der Waals surface area contributed by atoms with E-state index in [4.69, 9.17) is 4.74 Å². The van der Waals surface area contributed by atoms with Crippen LogP contribution in [0.25, 0.3) is 0 Å². The first-order valence-electron chi connectivity index (χ1n) is 7.43. The summed E-state index contributed by atoms with van der Waals surface area (Å²) in [5.41, 5.74) is 1.27. The third kappa shape index (κ3) is 5.76. The normalized spacial score (nSPS) is 11.2. The molecule has 0 unspecified atom stereocenters. The number of para-hydroxylation sites is 1. The van der Waals surface area contributed by atoms with Crippen molar-refractivity contribution < 1.29 is 14.3 Å². The van der Waals surface area contributed by atoms with Gasteiger partial charge in [-0.05, 0) is 38.3 Å². The van der Waals surface area contributed by atoms with Crippen LogP contribution in [-0.2, 0) is 9.53 Å². The first-order chi connectivity index (χ1) is 10.1. The van der Waals surface area contributed by atoms with Crippen LogP contribution in [0.3, 0.4) is 0 Å². The third-order valence-electron chi connectivity index (χ3n) is 2.94. The molecule has 22 heavy (non-hydrogen) atoms. The summed E-state index contributed by atoms with van der Waals surface area (Å²) in [7, 11) is 1.54. The van der Waals surface area contributed by atoms with Gasteiger partial charge in [-0.25, -0.2) is 4.79 Å². The first-order valence-corrected chi connectivity index (χ1v) is 7.43. The zero-order chi connectivity index (χ0) is 16.9. The van der Waals surface area contributed by atoms with Crippen molar-refractivity contribution in [2.24, 2.45) is 0 Å². The van der Waals surface area contributed by atoms with Gasteiger partial charge in [0.25, 0.3) is 0 Å². The van der Waals surface area contributed by atoms with Crippen LogP contribution in [0, 0.1) is 0 Å². The van der Waals surface area contributed by atoms with Gasteiger partial charge in [0.1, 0.15) is 12.1 Å². The van der Waals surface area contributed by atoms with Crippen molar-refractivity contribution in [1.29, 1.82) is 0 Å². The highest BCUT2D eigenvalue weighted by molar-refractivity contribution is 5.94. The number of nitrogens with one attached hydrogen (secondary N) is 1. The lowest BCUT2D eigenvalue weighted by Gasteiger charge is -2.24. The van der Waals surface area contributed by atoms with Gasteiger partial charge in [0, 0.05) is 12.7 Å². The van der Waals surface area contributed by atoms with Gasteiger partial charge in [0.2, 0.25) is 5.91 Å². The molecule has 1 N–H and O–H groups in total. The Morgan fingerprint density at radius 1 is 1.23 bits per heavy atom. The molecule has 1 aromatic rings. The lowest BCUT2D eigenvalue weighted by molar-refractivity contribution is -0.117. The lowest BCUT2D eigenvalue weighted by atomic mass is 10.0. The van der Waals surface area contributed by atoms with E-state index in [1.807, 2.05) is 24.3 Å². The Morgan fingerprint density at radius 3 is 2.36 bits per heavy atom. The number of hydrogen-bond acceptors (Lipinski definition) is 3. The number of nitrogens with zero attached hydrogens (tertiary/aromatic N) is 1. The van der Waals surface area contributed by atoms with Gasteiger partial charge >= 0.3 is 6.09 Å². The second-order valence-electron chi connectivity index (χ2n) is 6.63. The fourth-order valence-electron chi connectivity index (χ4n) is 1.92. The number of hydrogen-bond donors (Lipinski definition) is 1. The average Bonchev–Trinajstić information content (AvgIpc) is 2.36. The summed E-state index contributed by atoms with van der Waals surface area (Å²) in [4.78, 5) is 25.2. The highest BCUT2D eigenvalue weighted by Gasteiger charge is 2.21. The fraction of sp³-hybridized carbons (Fsp3) is 0.529. The van der Waals surface area contributed by atoms with E-state index in [0.717, 1.165) is 11.3 Å². The van der Waals surface area contributed by atoms with Crippen LogP contribution in [0.1, 0.15) is 46.1 Å². The number of amides is 2. The third-order valence-corrected chi connectivity index (χ3v) is 2.94. The van der Waals surface area contributed by atoms with Crippen LogP contribution in [0.15, 0.2) is 24.3 Å². The summed E-state index contributed by atoms with van der Waals surface area (Å²) in [5.74, 6) is 0.0570. The Balaban J connectivity index is 2.65. The maximum absolute atomic E-state index is 12.1. The molecular formula is C17H26N2O3. The number of carbonyl (C=O) groups is 2. The molecule has 0 radical (unpaired) electrons. The molecule has 0 spiro atoms. The van der Waals surface area contributed by atoms with Gasteiger partial charge in [-0.3, -0.25) is 4.79 Å². The summed E-state index contributed by atoms with van der Waals surface area (Å²) in [5, 5.41) is 2.85. The summed E-state index contributed by atoms with van der Waals surface area (Å²) in [6.07, 6.45) is -0.514. The van der Waals surface area contributed by atoms with Crippen LogP contribution >= 0.6 is 0 Å². The summed E-state index contributed by atoms with van der Waals surface area (Å²) in [6, 6.07) is 7.66. The van der Waals surface area contributed by atoms with Crippen molar-refractivity contribution in [3.63, 3.8) is 0 Å². The largest absolute Gasteiger partial charge is 0.444 e. The van der Waals surface area contributed by atoms with Gasteiger partial charge < -0.3 is 15.0 Å². The van der Waals surface area contributed by atoms with Crippen molar-refractivity contribution in [3.8, 4) is 0 Å². The van der Waals surface area contributed by atoms with Gasteiger partial charge in [-0.15, -0.1) is 0 Å². The van der Waals surface area contributed by atoms with Crippen molar-refractivity contribution in [2.45, 2.75) is 46.1 Å². The minimum atomic E-state index is -0.577. The summed E-state index contributed by atoms with van der Waals surface area (Å²) < 4.78 is 5.22. The number of likely N-dealkylation sites (N-methyl/N-ethyl adjacent to an activating group) is 1. The molecule has 0 aliphatic heterocycles. The second kappa shape index (κ2) is 7.29. The van der Waals surface area contributed by atoms with Crippen LogP contribution in [0.4, 0.5) is 10.5 Å². The molecule has 0 heterocycles. The zero-order valence-electron chi connectivity index (χ0n) is 14.3. The molecule has 1 aromatic carbocycles. The predicted octanol–water partition coefficient (Wildman–Crippen LogP) is 3.62. The molecule has 0 aliphatic rings. The van der Waals surface area contributed by atoms with E-state index in [1.165, 1.54) is 4.90 Å². The molecule has 0 atom stereocenters. The number of ether oxygens (including phenoxy) is 1. The maximum Gasteiger partial charge on any atom is 0.410 e. The Labute approximate surface area is 132 Å². The highest BCUT2D eigenvalue weighted by atomic mass is 16.6. The quantitative estimate of drug-likeness (QED) is 0.924. The van der Waals surface area contributed by atoms with Crippen LogP contribution in [0.5, 0.6) is 0 Å². The van der Waals surface area contributed by atoms with E-state index in [9.17, 15) is 9.59 Å². The van der Waals surface area contributed by atoms with E-state index < -0.39 is 11.7 Å². The van der Waals surface area contributed by atoms with Crippen molar-refractivity contribution in [1.82, 2.24) is 4.90 Å². The van der Waals surface area contributed by atoms with Crippen molar-refractivity contribution in [2.75, 3.05) is 18.9 Å². The number of rotatable bonds is 4. The monoisotopic (exact) mass is 306 g/mol. The molecule has 0 fully saturated rings. The Hall–Kier alpha value is -2.04. The van der Waals surface area contributed by atoms with Crippen LogP contribution in [-0.4, -0.2) is 36.1 Å². The number of anilines is 1. The first kappa shape index (κ1) is 18.0. The number of carbonyl (C=O) groups excluding carboxylic acids is 2. The Kier molecular flexibility index (Phi) is 5.97. The van der Waals surface area contributed by atoms with Crippen LogP contribution in [0.2, 0.25) is 0 Å². The molecule has 0 aromatic heterocycles. The van der Waals surface area contributed by atoms with Crippen molar-refractivity contribution in [3.05, 3.63) is 29.8 Å². The molecular weight excluding hydrogens is 280 g/mol. The van der Waals surface area contributed by atoms with E-state index in [2.05, 4.69) is 19.2 Å². The highest BCUT2D eigenvalue weighted by Crippen LogP contribution is 2.23. The Bertz CT molecular complexity index is 533. The van der Waals surface area contributed by atoms with Gasteiger partial charge in [-0.1, -0.05) is 32.0 Å². The van der Waals surface area contributed by atoms with E-state index in [-0.39, 0.29) is 12.5 Å². The smallest absolute Gasteiger partial charge is 0.410 e. The Morgan fingerprint density at radius 2 is 1.82 bits per heavy atom. The summed E-state index contributed by atoms with van der Waals surface area (Å²) >= 11 is 0. The minimum Gasteiger partial charge on any atom is -0.444 e. The minimum absolute atomic E-state index is 0.0542. The van der Waals surface area contributed by atoms with E-state index in [0.29, 0.717) is 5.92 Å². The molecule has 5 nitrogen and oxygen atoms in total. The molecule has 0 saturated carbocycles. The molecule has 1 rings (SSSR count). The molecule has 2 amide bonds. The summed E-state index contributed by atoms with van der Waals surface area (Å²) in [6.45, 7) is 9.45. The van der Waals surface area contributed by atoms with Gasteiger partial charge in [0.15, 0.2) is 0 Å². The SMILES string of the molecule is CC(C)c1ccccc1NC(=O)CN(C)C(=O)OC(C)(C)C. The zero-order valence-corrected chi connectivity index (χ0v) is 14.3. The molecule has 5 heteroatoms.